The van der Waals surface area contributed by atoms with Crippen molar-refractivity contribution in [1.29, 1.82) is 0 Å². The molecular formula is C9H18N2OS. The van der Waals surface area contributed by atoms with Gasteiger partial charge in [-0.05, 0) is 24.6 Å². The van der Waals surface area contributed by atoms with Crippen molar-refractivity contribution in [3.05, 3.63) is 0 Å². The first-order valence-electron chi connectivity index (χ1n) is 4.43. The smallest absolute Gasteiger partial charge is 0.226 e. The minimum atomic E-state index is -0.0292. The zero-order valence-electron chi connectivity index (χ0n) is 8.73. The number of amides is 1. The second-order valence-electron chi connectivity index (χ2n) is 4.15. The molecule has 0 saturated heterocycles. The summed E-state index contributed by atoms with van der Waals surface area (Å²) in [5.41, 5.74) is 0.00586. The third-order valence-electron chi connectivity index (χ3n) is 1.28. The summed E-state index contributed by atoms with van der Waals surface area (Å²) in [6, 6.07) is 0. The van der Waals surface area contributed by atoms with Crippen LogP contribution in [0.5, 0.6) is 0 Å². The summed E-state index contributed by atoms with van der Waals surface area (Å²) in [7, 11) is 0. The third-order valence-corrected chi connectivity index (χ3v) is 1.53. The van der Waals surface area contributed by atoms with Gasteiger partial charge in [-0.2, -0.15) is 0 Å². The van der Waals surface area contributed by atoms with Crippen LogP contribution in [0.2, 0.25) is 0 Å². The fourth-order valence-electron chi connectivity index (χ4n) is 0.857. The van der Waals surface area contributed by atoms with Crippen LogP contribution in [0.1, 0.15) is 34.1 Å². The van der Waals surface area contributed by atoms with Gasteiger partial charge in [-0.1, -0.05) is 20.8 Å². The molecule has 0 radical (unpaired) electrons. The lowest BCUT2D eigenvalue weighted by atomic mass is 9.92. The highest BCUT2D eigenvalue weighted by Crippen LogP contribution is 2.17. The van der Waals surface area contributed by atoms with Gasteiger partial charge in [0.15, 0.2) is 5.11 Å². The fraction of sp³-hybridized carbons (Fsp3) is 0.778. The van der Waals surface area contributed by atoms with Crippen LogP contribution in [0, 0.1) is 5.41 Å². The summed E-state index contributed by atoms with van der Waals surface area (Å²) in [4.78, 5) is 11.3. The van der Waals surface area contributed by atoms with Gasteiger partial charge >= 0.3 is 0 Å². The molecule has 0 rings (SSSR count). The second-order valence-corrected chi connectivity index (χ2v) is 4.55. The zero-order valence-corrected chi connectivity index (χ0v) is 9.55. The van der Waals surface area contributed by atoms with E-state index in [1.54, 1.807) is 0 Å². The summed E-state index contributed by atoms with van der Waals surface area (Å²) in [5.74, 6) is -0.0292. The Labute approximate surface area is 85.3 Å². The first kappa shape index (κ1) is 12.4. The molecule has 3 nitrogen and oxygen atoms in total. The molecule has 0 aromatic carbocycles. The van der Waals surface area contributed by atoms with Crippen molar-refractivity contribution < 1.29 is 4.79 Å². The van der Waals surface area contributed by atoms with Crippen LogP contribution >= 0.6 is 12.2 Å². The predicted octanol–water partition coefficient (Wildman–Crippen LogP) is 1.43. The molecule has 0 spiro atoms. The van der Waals surface area contributed by atoms with Gasteiger partial charge in [0.2, 0.25) is 5.91 Å². The number of hydrogen-bond acceptors (Lipinski definition) is 2. The minimum Gasteiger partial charge on any atom is -0.363 e. The number of hydrogen-bond donors (Lipinski definition) is 2. The Hall–Kier alpha value is -0.640. The van der Waals surface area contributed by atoms with E-state index >= 15 is 0 Å². The Morgan fingerprint density at radius 1 is 1.38 bits per heavy atom. The Balaban J connectivity index is 3.82. The van der Waals surface area contributed by atoms with E-state index in [-0.39, 0.29) is 11.3 Å². The van der Waals surface area contributed by atoms with Crippen LogP contribution in [-0.4, -0.2) is 17.6 Å². The molecule has 0 unspecified atom stereocenters. The van der Waals surface area contributed by atoms with Crippen LogP contribution in [0.3, 0.4) is 0 Å². The molecule has 2 N–H and O–H groups in total. The summed E-state index contributed by atoms with van der Waals surface area (Å²) < 4.78 is 0. The largest absolute Gasteiger partial charge is 0.363 e. The molecule has 4 heteroatoms. The second kappa shape index (κ2) is 5.17. The SMILES string of the molecule is CCNC(=S)NC(=O)CC(C)(C)C. The number of carbonyl (C=O) groups excluding carboxylic acids is 1. The van der Waals surface area contributed by atoms with Gasteiger partial charge in [0, 0.05) is 13.0 Å². The number of nitrogens with one attached hydrogen (secondary N) is 2. The molecule has 0 heterocycles. The number of rotatable bonds is 2. The highest BCUT2D eigenvalue weighted by atomic mass is 32.1. The maximum Gasteiger partial charge on any atom is 0.226 e. The standard InChI is InChI=1S/C9H18N2OS/c1-5-10-8(13)11-7(12)6-9(2,3)4/h5-6H2,1-4H3,(H2,10,11,12,13). The third kappa shape index (κ3) is 7.71. The van der Waals surface area contributed by atoms with Gasteiger partial charge in [-0.15, -0.1) is 0 Å². The highest BCUT2D eigenvalue weighted by Gasteiger charge is 2.16. The molecule has 0 aliphatic rings. The molecule has 0 bridgehead atoms. The minimum absolute atomic E-state index is 0.00586. The molecule has 76 valence electrons. The lowest BCUT2D eigenvalue weighted by Crippen LogP contribution is -2.40. The first-order valence-corrected chi connectivity index (χ1v) is 4.83. The van der Waals surface area contributed by atoms with E-state index in [0.717, 1.165) is 6.54 Å². The molecular weight excluding hydrogens is 184 g/mol. The molecule has 13 heavy (non-hydrogen) atoms. The van der Waals surface area contributed by atoms with E-state index in [1.807, 2.05) is 27.7 Å². The maximum absolute atomic E-state index is 11.3. The van der Waals surface area contributed by atoms with Gasteiger partial charge < -0.3 is 10.6 Å². The first-order chi connectivity index (χ1) is 5.85. The van der Waals surface area contributed by atoms with Crippen molar-refractivity contribution in [3.8, 4) is 0 Å². The zero-order chi connectivity index (χ0) is 10.5. The topological polar surface area (TPSA) is 41.1 Å². The van der Waals surface area contributed by atoms with Crippen LogP contribution in [0.4, 0.5) is 0 Å². The predicted molar refractivity (Wildman–Crippen MR) is 58.5 cm³/mol. The average molecular weight is 202 g/mol. The van der Waals surface area contributed by atoms with Gasteiger partial charge in [-0.25, -0.2) is 0 Å². The van der Waals surface area contributed by atoms with Crippen molar-refractivity contribution in [1.82, 2.24) is 10.6 Å². The van der Waals surface area contributed by atoms with E-state index in [2.05, 4.69) is 10.6 Å². The fourth-order valence-corrected chi connectivity index (χ4v) is 1.12. The van der Waals surface area contributed by atoms with Crippen molar-refractivity contribution in [2.45, 2.75) is 34.1 Å². The van der Waals surface area contributed by atoms with Gasteiger partial charge in [0.1, 0.15) is 0 Å². The Morgan fingerprint density at radius 2 is 1.92 bits per heavy atom. The van der Waals surface area contributed by atoms with E-state index in [1.165, 1.54) is 0 Å². The van der Waals surface area contributed by atoms with Gasteiger partial charge in [-0.3, -0.25) is 4.79 Å². The Bertz CT molecular complexity index is 196. The average Bonchev–Trinajstić information content (AvgIpc) is 1.81. The molecule has 0 fully saturated rings. The van der Waals surface area contributed by atoms with Crippen LogP contribution < -0.4 is 10.6 Å². The van der Waals surface area contributed by atoms with Crippen molar-refractivity contribution >= 4 is 23.2 Å². The van der Waals surface area contributed by atoms with E-state index < -0.39 is 0 Å². The molecule has 0 saturated carbocycles. The lowest BCUT2D eigenvalue weighted by Gasteiger charge is -2.17. The van der Waals surface area contributed by atoms with Gasteiger partial charge in [0.25, 0.3) is 0 Å². The van der Waals surface area contributed by atoms with Crippen molar-refractivity contribution in [2.75, 3.05) is 6.54 Å². The van der Waals surface area contributed by atoms with Crippen LogP contribution in [-0.2, 0) is 4.79 Å². The number of carbonyl (C=O) groups is 1. The van der Waals surface area contributed by atoms with Crippen LogP contribution in [0.15, 0.2) is 0 Å². The maximum atomic E-state index is 11.3. The molecule has 0 aliphatic heterocycles. The normalized spacial score (nSPS) is 10.8. The molecule has 0 atom stereocenters. The Morgan fingerprint density at radius 3 is 2.31 bits per heavy atom. The summed E-state index contributed by atoms with van der Waals surface area (Å²) in [6.45, 7) is 8.71. The molecule has 0 aliphatic carbocycles. The van der Waals surface area contributed by atoms with Crippen LogP contribution in [0.25, 0.3) is 0 Å². The lowest BCUT2D eigenvalue weighted by molar-refractivity contribution is -0.121. The van der Waals surface area contributed by atoms with E-state index in [9.17, 15) is 4.79 Å². The van der Waals surface area contributed by atoms with Gasteiger partial charge in [0.05, 0.1) is 0 Å². The monoisotopic (exact) mass is 202 g/mol. The van der Waals surface area contributed by atoms with Crippen molar-refractivity contribution in [3.63, 3.8) is 0 Å². The highest BCUT2D eigenvalue weighted by molar-refractivity contribution is 7.80. The summed E-state index contributed by atoms with van der Waals surface area (Å²) >= 11 is 4.88. The Kier molecular flexibility index (Phi) is 4.91. The molecule has 0 aromatic rings. The van der Waals surface area contributed by atoms with E-state index in [0.29, 0.717) is 11.5 Å². The van der Waals surface area contributed by atoms with Crippen molar-refractivity contribution in [2.24, 2.45) is 5.41 Å². The van der Waals surface area contributed by atoms with E-state index in [4.69, 9.17) is 12.2 Å². The quantitative estimate of drug-likeness (QED) is 0.666. The molecule has 1 amide bonds. The summed E-state index contributed by atoms with van der Waals surface area (Å²) in [6.07, 6.45) is 0.485. The number of thiocarbonyl (C=S) groups is 1. The summed E-state index contributed by atoms with van der Waals surface area (Å²) in [5, 5.41) is 5.89. The molecule has 0 aromatic heterocycles.